The molecule has 10 heteroatoms. The molecule has 1 N–H and O–H groups in total. The zero-order valence-electron chi connectivity index (χ0n) is 19.9. The van der Waals surface area contributed by atoms with Crippen LogP contribution in [0, 0.1) is 5.92 Å². The van der Waals surface area contributed by atoms with E-state index < -0.39 is 0 Å². The number of amides is 2. The van der Waals surface area contributed by atoms with Crippen molar-refractivity contribution in [3.05, 3.63) is 40.8 Å². The van der Waals surface area contributed by atoms with Gasteiger partial charge in [0, 0.05) is 44.8 Å². The number of aromatic nitrogens is 4. The van der Waals surface area contributed by atoms with Crippen LogP contribution in [-0.4, -0.2) is 57.3 Å². The highest BCUT2D eigenvalue weighted by Gasteiger charge is 2.26. The van der Waals surface area contributed by atoms with Crippen molar-refractivity contribution in [1.29, 1.82) is 0 Å². The summed E-state index contributed by atoms with van der Waals surface area (Å²) in [5, 5.41) is 1.92. The molecule has 3 saturated heterocycles. The molecule has 0 spiro atoms. The molecule has 0 unspecified atom stereocenters. The number of nitrogens with one attached hydrogen (secondary N) is 1. The van der Waals surface area contributed by atoms with Crippen LogP contribution >= 0.6 is 11.8 Å². The molecule has 35 heavy (non-hydrogen) atoms. The van der Waals surface area contributed by atoms with Gasteiger partial charge in [0.2, 0.25) is 11.9 Å². The largest absolute Gasteiger partial charge is 0.341 e. The summed E-state index contributed by atoms with van der Waals surface area (Å²) in [6.07, 6.45) is 16.7. The van der Waals surface area contributed by atoms with Gasteiger partial charge >= 0.3 is 0 Å². The molecular weight excluding hydrogens is 462 g/mol. The Morgan fingerprint density at radius 3 is 2.43 bits per heavy atom. The van der Waals surface area contributed by atoms with Gasteiger partial charge in [-0.1, -0.05) is 0 Å². The maximum atomic E-state index is 11.8. The second-order valence-electron chi connectivity index (χ2n) is 9.40. The Bertz CT molecular complexity index is 1080. The first-order valence-corrected chi connectivity index (χ1v) is 13.3. The van der Waals surface area contributed by atoms with Crippen molar-refractivity contribution in [1.82, 2.24) is 25.3 Å². The van der Waals surface area contributed by atoms with E-state index in [1.165, 1.54) is 31.2 Å². The zero-order chi connectivity index (χ0) is 24.0. The second kappa shape index (κ2) is 11.2. The Balaban J connectivity index is 1.07. The predicted molar refractivity (Wildman–Crippen MR) is 137 cm³/mol. The molecule has 3 aliphatic heterocycles. The van der Waals surface area contributed by atoms with Crippen molar-refractivity contribution in [2.45, 2.75) is 51.4 Å². The molecule has 2 aromatic rings. The fourth-order valence-electron chi connectivity index (χ4n) is 4.90. The average Bonchev–Trinajstić information content (AvgIpc) is 3.21. The van der Waals surface area contributed by atoms with Crippen LogP contribution in [0.15, 0.2) is 29.6 Å². The highest BCUT2D eigenvalue weighted by molar-refractivity contribution is 8.18. The van der Waals surface area contributed by atoms with Gasteiger partial charge in [0.1, 0.15) is 0 Å². The lowest BCUT2D eigenvalue weighted by Crippen LogP contribution is -2.35. The van der Waals surface area contributed by atoms with Crippen LogP contribution in [0.4, 0.5) is 16.7 Å². The fourth-order valence-corrected chi connectivity index (χ4v) is 5.57. The Morgan fingerprint density at radius 1 is 0.971 bits per heavy atom. The van der Waals surface area contributed by atoms with E-state index in [0.717, 1.165) is 69.6 Å². The van der Waals surface area contributed by atoms with Crippen LogP contribution < -0.4 is 15.1 Å². The standard InChI is InChI=1S/C25H31N7O2S/c33-22-21(35-25(34)30-22)15-20-7-10-26-24(29-20)32-13-8-18(9-14-32)5-4-6-19-16-27-23(28-17-19)31-11-2-1-3-12-31/h7,10,15-18H,1-6,8-9,11-14H2,(H,30,33,34)/b21-15-. The van der Waals surface area contributed by atoms with Crippen LogP contribution in [0.25, 0.3) is 6.08 Å². The lowest BCUT2D eigenvalue weighted by atomic mass is 9.91. The molecule has 2 aromatic heterocycles. The molecule has 5 rings (SSSR count). The Hall–Kier alpha value is -3.01. The van der Waals surface area contributed by atoms with E-state index in [9.17, 15) is 9.59 Å². The number of piperidine rings is 2. The third-order valence-corrected chi connectivity index (χ3v) is 7.70. The molecule has 0 aliphatic carbocycles. The minimum atomic E-state index is -0.370. The normalized spacial score (nSPS) is 20.5. The first-order chi connectivity index (χ1) is 17.1. The van der Waals surface area contributed by atoms with Crippen LogP contribution in [0.3, 0.4) is 0 Å². The number of hydrogen-bond acceptors (Lipinski definition) is 9. The maximum Gasteiger partial charge on any atom is 0.290 e. The fraction of sp³-hybridized carbons (Fsp3) is 0.520. The van der Waals surface area contributed by atoms with Gasteiger partial charge in [-0.25, -0.2) is 19.9 Å². The molecule has 0 aromatic carbocycles. The minimum Gasteiger partial charge on any atom is -0.341 e. The van der Waals surface area contributed by atoms with E-state index >= 15 is 0 Å². The SMILES string of the molecule is O=C1NC(=O)/C(=C/c2ccnc(N3CCC(CCCc4cnc(N5CCCCC5)nc4)CC3)n2)S1. The molecule has 184 valence electrons. The summed E-state index contributed by atoms with van der Waals surface area (Å²) in [6.45, 7) is 3.99. The van der Waals surface area contributed by atoms with Crippen molar-refractivity contribution in [3.8, 4) is 0 Å². The number of carbonyl (C=O) groups excluding carboxylic acids is 2. The van der Waals surface area contributed by atoms with E-state index in [0.29, 0.717) is 22.5 Å². The summed E-state index contributed by atoms with van der Waals surface area (Å²) >= 11 is 0.901. The molecule has 9 nitrogen and oxygen atoms in total. The lowest BCUT2D eigenvalue weighted by Gasteiger charge is -2.32. The van der Waals surface area contributed by atoms with E-state index in [2.05, 4.69) is 35.1 Å². The molecule has 0 saturated carbocycles. The number of thioether (sulfide) groups is 1. The molecule has 3 aliphatic rings. The Labute approximate surface area is 209 Å². The Kier molecular flexibility index (Phi) is 7.56. The summed E-state index contributed by atoms with van der Waals surface area (Å²) in [6, 6.07) is 1.75. The number of hydrogen-bond donors (Lipinski definition) is 1. The van der Waals surface area contributed by atoms with Crippen LogP contribution in [0.5, 0.6) is 0 Å². The average molecular weight is 494 g/mol. The summed E-state index contributed by atoms with van der Waals surface area (Å²) in [7, 11) is 0. The van der Waals surface area contributed by atoms with Crippen molar-refractivity contribution in [2.75, 3.05) is 36.0 Å². The third-order valence-electron chi connectivity index (χ3n) is 6.89. The molecule has 5 heterocycles. The van der Waals surface area contributed by atoms with E-state index in [-0.39, 0.29) is 11.1 Å². The number of aryl methyl sites for hydroxylation is 1. The van der Waals surface area contributed by atoms with Crippen LogP contribution in [-0.2, 0) is 11.2 Å². The molecule has 0 atom stereocenters. The number of anilines is 2. The lowest BCUT2D eigenvalue weighted by molar-refractivity contribution is -0.115. The third kappa shape index (κ3) is 6.17. The van der Waals surface area contributed by atoms with Gasteiger partial charge < -0.3 is 9.80 Å². The van der Waals surface area contributed by atoms with E-state index in [1.807, 2.05) is 12.4 Å². The predicted octanol–water partition coefficient (Wildman–Crippen LogP) is 3.82. The monoisotopic (exact) mass is 493 g/mol. The van der Waals surface area contributed by atoms with Crippen LogP contribution in [0.1, 0.15) is 56.2 Å². The van der Waals surface area contributed by atoms with Gasteiger partial charge in [0.25, 0.3) is 11.1 Å². The highest BCUT2D eigenvalue weighted by atomic mass is 32.2. The number of carbonyl (C=O) groups is 2. The van der Waals surface area contributed by atoms with Crippen molar-refractivity contribution < 1.29 is 9.59 Å². The zero-order valence-corrected chi connectivity index (χ0v) is 20.7. The first kappa shape index (κ1) is 23.7. The summed E-state index contributed by atoms with van der Waals surface area (Å²) in [4.78, 5) is 46.3. The number of nitrogens with zero attached hydrogens (tertiary/aromatic N) is 6. The van der Waals surface area contributed by atoms with Gasteiger partial charge in [-0.3, -0.25) is 14.9 Å². The minimum absolute atomic E-state index is 0.348. The second-order valence-corrected chi connectivity index (χ2v) is 10.4. The smallest absolute Gasteiger partial charge is 0.290 e. The van der Waals surface area contributed by atoms with E-state index in [4.69, 9.17) is 0 Å². The van der Waals surface area contributed by atoms with Gasteiger partial charge in [-0.05, 0) is 86.8 Å². The van der Waals surface area contributed by atoms with Gasteiger partial charge in [-0.15, -0.1) is 0 Å². The molecule has 3 fully saturated rings. The number of rotatable bonds is 7. The van der Waals surface area contributed by atoms with Gasteiger partial charge in [0.05, 0.1) is 10.6 Å². The maximum absolute atomic E-state index is 11.8. The summed E-state index contributed by atoms with van der Waals surface area (Å²) < 4.78 is 0. The first-order valence-electron chi connectivity index (χ1n) is 12.5. The van der Waals surface area contributed by atoms with Crippen molar-refractivity contribution in [2.24, 2.45) is 5.92 Å². The number of imide groups is 1. The highest BCUT2D eigenvalue weighted by Crippen LogP contribution is 2.27. The molecule has 2 amide bonds. The summed E-state index contributed by atoms with van der Waals surface area (Å²) in [5.74, 6) is 1.89. The topological polar surface area (TPSA) is 104 Å². The van der Waals surface area contributed by atoms with Gasteiger partial charge in [0.15, 0.2) is 0 Å². The summed E-state index contributed by atoms with van der Waals surface area (Å²) in [5.41, 5.74) is 1.86. The van der Waals surface area contributed by atoms with Gasteiger partial charge in [-0.2, -0.15) is 0 Å². The van der Waals surface area contributed by atoms with E-state index in [1.54, 1.807) is 18.3 Å². The molecule has 0 bridgehead atoms. The quantitative estimate of drug-likeness (QED) is 0.576. The van der Waals surface area contributed by atoms with Crippen LogP contribution in [0.2, 0.25) is 0 Å². The Morgan fingerprint density at radius 2 is 1.71 bits per heavy atom. The van der Waals surface area contributed by atoms with Crippen molar-refractivity contribution in [3.63, 3.8) is 0 Å². The molecule has 0 radical (unpaired) electrons. The molecular formula is C25H31N7O2S. The van der Waals surface area contributed by atoms with Crippen molar-refractivity contribution >= 4 is 40.9 Å².